The van der Waals surface area contributed by atoms with E-state index in [0.717, 1.165) is 0 Å². The first-order valence-corrected chi connectivity index (χ1v) is 9.81. The maximum atomic E-state index is 15.0. The van der Waals surface area contributed by atoms with Gasteiger partial charge in [-0.05, 0) is 24.6 Å². The second-order valence-electron chi connectivity index (χ2n) is 7.25. The molecule has 1 aliphatic heterocycles. The van der Waals surface area contributed by atoms with Crippen LogP contribution >= 0.6 is 0 Å². The molecule has 0 unspecified atom stereocenters. The van der Waals surface area contributed by atoms with Crippen molar-refractivity contribution >= 4 is 22.8 Å². The zero-order chi connectivity index (χ0) is 21.3. The van der Waals surface area contributed by atoms with Crippen LogP contribution in [0.1, 0.15) is 28.5 Å². The van der Waals surface area contributed by atoms with E-state index in [4.69, 9.17) is 0 Å². The third-order valence-corrected chi connectivity index (χ3v) is 5.36. The van der Waals surface area contributed by atoms with Crippen molar-refractivity contribution in [3.05, 3.63) is 63.5 Å². The van der Waals surface area contributed by atoms with E-state index in [0.29, 0.717) is 61.7 Å². The second-order valence-corrected chi connectivity index (χ2v) is 7.25. The molecule has 2 aromatic heterocycles. The van der Waals surface area contributed by atoms with Crippen LogP contribution in [0.2, 0.25) is 0 Å². The van der Waals surface area contributed by atoms with Crippen LogP contribution in [0.4, 0.5) is 10.2 Å². The fraction of sp³-hybridized carbons (Fsp3) is 0.333. The first-order valence-electron chi connectivity index (χ1n) is 9.81. The SMILES string of the molecule is CCc1nc2ccc(CN3CCN(c4ccc(C(=O)[O-])cn4)CC3)c(F)c2[nH]c1=O.[Na+]. The summed E-state index contributed by atoms with van der Waals surface area (Å²) in [7, 11) is 0. The van der Waals surface area contributed by atoms with Gasteiger partial charge in [-0.15, -0.1) is 0 Å². The van der Waals surface area contributed by atoms with Gasteiger partial charge in [0.2, 0.25) is 0 Å². The molecule has 0 spiro atoms. The van der Waals surface area contributed by atoms with Crippen molar-refractivity contribution in [2.45, 2.75) is 19.9 Å². The molecule has 10 heteroatoms. The van der Waals surface area contributed by atoms with Crippen LogP contribution in [0.25, 0.3) is 11.0 Å². The summed E-state index contributed by atoms with van der Waals surface area (Å²) in [5.41, 5.74) is 1.19. The summed E-state index contributed by atoms with van der Waals surface area (Å²) in [6, 6.07) is 6.60. The number of aryl methyl sites for hydroxylation is 1. The zero-order valence-corrected chi connectivity index (χ0v) is 19.5. The minimum absolute atomic E-state index is 0. The molecule has 31 heavy (non-hydrogen) atoms. The molecule has 3 aromatic rings. The standard InChI is InChI=1S/C21H22FN5O3.Na/c1-2-15-20(28)25-19-16(24-15)5-3-14(18(19)22)12-26-7-9-27(10-8-26)17-6-4-13(11-23-17)21(29)30;/h3-6,11H,2,7-10,12H2,1H3,(H,25,28)(H,29,30);/q;+1/p-1. The molecular formula is C21H21FN5NaO3. The van der Waals surface area contributed by atoms with Crippen molar-refractivity contribution in [1.29, 1.82) is 0 Å². The molecule has 1 fully saturated rings. The molecule has 156 valence electrons. The monoisotopic (exact) mass is 433 g/mol. The zero-order valence-electron chi connectivity index (χ0n) is 17.5. The molecule has 1 N–H and O–H groups in total. The average molecular weight is 433 g/mol. The number of carbonyl (C=O) groups excluding carboxylic acids is 1. The Hall–Kier alpha value is -2.33. The van der Waals surface area contributed by atoms with Crippen LogP contribution in [0.15, 0.2) is 35.3 Å². The van der Waals surface area contributed by atoms with Gasteiger partial charge >= 0.3 is 29.6 Å². The van der Waals surface area contributed by atoms with Crippen molar-refractivity contribution in [2.75, 3.05) is 31.1 Å². The van der Waals surface area contributed by atoms with E-state index < -0.39 is 11.8 Å². The largest absolute Gasteiger partial charge is 1.00 e. The van der Waals surface area contributed by atoms with E-state index >= 15 is 0 Å². The second kappa shape index (κ2) is 9.86. The summed E-state index contributed by atoms with van der Waals surface area (Å²) in [6.45, 7) is 5.03. The molecule has 0 radical (unpaired) electrons. The summed E-state index contributed by atoms with van der Waals surface area (Å²) >= 11 is 0. The number of nitrogens with zero attached hydrogens (tertiary/aromatic N) is 4. The number of aromatic carboxylic acids is 1. The fourth-order valence-corrected chi connectivity index (χ4v) is 3.63. The van der Waals surface area contributed by atoms with E-state index in [9.17, 15) is 19.1 Å². The van der Waals surface area contributed by atoms with Gasteiger partial charge in [0.05, 0.1) is 11.5 Å². The molecule has 0 amide bonds. The molecule has 8 nitrogen and oxygen atoms in total. The summed E-state index contributed by atoms with van der Waals surface area (Å²) in [5, 5.41) is 10.8. The number of nitrogens with one attached hydrogen (secondary N) is 1. The number of carboxylic acid groups (broad SMARTS) is 1. The molecule has 0 saturated carbocycles. The van der Waals surface area contributed by atoms with Gasteiger partial charge in [-0.2, -0.15) is 0 Å². The van der Waals surface area contributed by atoms with Gasteiger partial charge in [0.15, 0.2) is 5.82 Å². The van der Waals surface area contributed by atoms with Gasteiger partial charge in [-0.1, -0.05) is 13.0 Å². The number of anilines is 1. The van der Waals surface area contributed by atoms with Crippen LogP contribution in [-0.4, -0.2) is 52.0 Å². The van der Waals surface area contributed by atoms with Gasteiger partial charge in [0, 0.05) is 50.0 Å². The van der Waals surface area contributed by atoms with Crippen LogP contribution in [0.3, 0.4) is 0 Å². The maximum Gasteiger partial charge on any atom is 1.00 e. The van der Waals surface area contributed by atoms with E-state index in [1.54, 1.807) is 18.2 Å². The van der Waals surface area contributed by atoms with Crippen molar-refractivity contribution in [3.63, 3.8) is 0 Å². The number of aromatic amines is 1. The number of piperazine rings is 1. The van der Waals surface area contributed by atoms with E-state index in [1.165, 1.54) is 12.3 Å². The molecule has 1 aromatic carbocycles. The minimum Gasteiger partial charge on any atom is -0.545 e. The average Bonchev–Trinajstić information content (AvgIpc) is 2.76. The normalized spacial score (nSPS) is 14.5. The van der Waals surface area contributed by atoms with Gasteiger partial charge in [0.25, 0.3) is 5.56 Å². The Morgan fingerprint density at radius 1 is 1.19 bits per heavy atom. The predicted octanol–water partition coefficient (Wildman–Crippen LogP) is -2.29. The van der Waals surface area contributed by atoms with Gasteiger partial charge < -0.3 is 19.8 Å². The number of rotatable bonds is 5. The number of hydrogen-bond donors (Lipinski definition) is 1. The minimum atomic E-state index is -1.25. The fourth-order valence-electron chi connectivity index (χ4n) is 3.63. The number of halogens is 1. The summed E-state index contributed by atoms with van der Waals surface area (Å²) in [6.07, 6.45) is 1.78. The molecule has 4 rings (SSSR count). The Balaban J connectivity index is 0.00000272. The molecule has 0 aliphatic carbocycles. The van der Waals surface area contributed by atoms with Crippen molar-refractivity contribution < 1.29 is 43.8 Å². The Morgan fingerprint density at radius 3 is 2.55 bits per heavy atom. The van der Waals surface area contributed by atoms with Crippen LogP contribution < -0.4 is 45.1 Å². The third-order valence-electron chi connectivity index (χ3n) is 5.36. The number of hydrogen-bond acceptors (Lipinski definition) is 7. The number of H-pyrrole nitrogens is 1. The van der Waals surface area contributed by atoms with Gasteiger partial charge in [-0.25, -0.2) is 14.4 Å². The first-order chi connectivity index (χ1) is 14.5. The Kier molecular flexibility index (Phi) is 7.42. The Morgan fingerprint density at radius 2 is 1.94 bits per heavy atom. The van der Waals surface area contributed by atoms with Crippen molar-refractivity contribution in [1.82, 2.24) is 19.9 Å². The maximum absolute atomic E-state index is 15.0. The van der Waals surface area contributed by atoms with Crippen molar-refractivity contribution in [2.24, 2.45) is 0 Å². The number of carbonyl (C=O) groups is 1. The smallest absolute Gasteiger partial charge is 0.545 e. The first kappa shape index (κ1) is 23.3. The number of pyridine rings is 1. The van der Waals surface area contributed by atoms with Crippen LogP contribution in [0.5, 0.6) is 0 Å². The molecular weight excluding hydrogens is 412 g/mol. The van der Waals surface area contributed by atoms with E-state index in [-0.39, 0.29) is 46.2 Å². The Bertz CT molecular complexity index is 1140. The number of benzene rings is 1. The quantitative estimate of drug-likeness (QED) is 0.452. The number of aromatic nitrogens is 3. The third kappa shape index (κ3) is 4.95. The Labute approximate surface area is 200 Å². The summed E-state index contributed by atoms with van der Waals surface area (Å²) in [4.78, 5) is 38.1. The number of carboxylic acids is 1. The summed E-state index contributed by atoms with van der Waals surface area (Å²) < 4.78 is 15.0. The van der Waals surface area contributed by atoms with E-state index in [1.807, 2.05) is 6.92 Å². The predicted molar refractivity (Wildman–Crippen MR) is 108 cm³/mol. The molecule has 1 aliphatic rings. The van der Waals surface area contributed by atoms with Gasteiger partial charge in [-0.3, -0.25) is 9.69 Å². The summed E-state index contributed by atoms with van der Waals surface area (Å²) in [5.74, 6) is -0.993. The topological polar surface area (TPSA) is 105 Å². The molecule has 0 bridgehead atoms. The molecule has 3 heterocycles. The molecule has 1 saturated heterocycles. The molecule has 0 atom stereocenters. The van der Waals surface area contributed by atoms with Crippen LogP contribution in [-0.2, 0) is 13.0 Å². The van der Waals surface area contributed by atoms with E-state index in [2.05, 4.69) is 24.8 Å². The number of fused-ring (bicyclic) bond motifs is 1. The van der Waals surface area contributed by atoms with Crippen molar-refractivity contribution in [3.8, 4) is 0 Å². The van der Waals surface area contributed by atoms with Gasteiger partial charge in [0.1, 0.15) is 17.0 Å². The van der Waals surface area contributed by atoms with Crippen LogP contribution in [0, 0.1) is 5.82 Å².